The van der Waals surface area contributed by atoms with Crippen LogP contribution in [0, 0.1) is 0 Å². The molecule has 0 unspecified atom stereocenters. The molecule has 3 rings (SSSR count). The summed E-state index contributed by atoms with van der Waals surface area (Å²) in [5.74, 6) is 0. The summed E-state index contributed by atoms with van der Waals surface area (Å²) in [6.45, 7) is 8.21. The van der Waals surface area contributed by atoms with Crippen molar-refractivity contribution >= 4 is 11.8 Å². The summed E-state index contributed by atoms with van der Waals surface area (Å²) in [4.78, 5) is 14.3. The van der Waals surface area contributed by atoms with Crippen LogP contribution in [-0.2, 0) is 4.74 Å². The Morgan fingerprint density at radius 1 is 1.30 bits per heavy atom. The van der Waals surface area contributed by atoms with Gasteiger partial charge in [-0.1, -0.05) is 0 Å². The van der Waals surface area contributed by atoms with Crippen LogP contribution in [0.25, 0.3) is 5.69 Å². The number of carbonyl (C=O) groups excluding carboxylic acids is 1. The Labute approximate surface area is 160 Å². The zero-order valence-corrected chi connectivity index (χ0v) is 16.3. The van der Waals surface area contributed by atoms with Gasteiger partial charge in [-0.3, -0.25) is 4.90 Å². The normalized spacial score (nSPS) is 18.1. The molecular formula is C20H29N5O2. The average molecular weight is 371 g/mol. The number of alkyl carbamates (subject to hydrolysis) is 1. The van der Waals surface area contributed by atoms with Crippen LogP contribution in [0.1, 0.15) is 33.6 Å². The van der Waals surface area contributed by atoms with Crippen molar-refractivity contribution in [3.8, 4) is 5.69 Å². The Hall–Kier alpha value is -2.54. The molecule has 1 aliphatic rings. The molecule has 146 valence electrons. The second kappa shape index (κ2) is 8.43. The standard InChI is InChI=1S/C20H29N5O2/c1-20(2,3)27-19(26)23-17-6-4-12-24(14-17)15-21-16-7-9-18(10-8-16)25-13-5-11-22-25/h5,7-11,13,17,21H,4,6,12,14-15H2,1-3H3,(H,23,26)/t17-/m1/s1. The van der Waals surface area contributed by atoms with E-state index in [4.69, 9.17) is 4.74 Å². The van der Waals surface area contributed by atoms with Gasteiger partial charge in [-0.2, -0.15) is 5.10 Å². The number of hydrogen-bond acceptors (Lipinski definition) is 5. The fourth-order valence-corrected chi connectivity index (χ4v) is 3.15. The predicted octanol–water partition coefficient (Wildman–Crippen LogP) is 3.23. The van der Waals surface area contributed by atoms with Crippen LogP contribution in [0.15, 0.2) is 42.7 Å². The van der Waals surface area contributed by atoms with Crippen LogP contribution in [0.5, 0.6) is 0 Å². The molecule has 7 nitrogen and oxygen atoms in total. The lowest BCUT2D eigenvalue weighted by atomic mass is 10.1. The lowest BCUT2D eigenvalue weighted by molar-refractivity contribution is 0.0474. The number of piperidine rings is 1. The molecule has 2 heterocycles. The lowest BCUT2D eigenvalue weighted by Crippen LogP contribution is -2.49. The van der Waals surface area contributed by atoms with Gasteiger partial charge in [0.25, 0.3) is 0 Å². The van der Waals surface area contributed by atoms with Gasteiger partial charge in [0.05, 0.1) is 12.4 Å². The third kappa shape index (κ3) is 5.99. The zero-order valence-electron chi connectivity index (χ0n) is 16.3. The number of benzene rings is 1. The summed E-state index contributed by atoms with van der Waals surface area (Å²) in [6, 6.07) is 10.2. The van der Waals surface area contributed by atoms with Crippen LogP contribution < -0.4 is 10.6 Å². The molecule has 1 amide bonds. The van der Waals surface area contributed by atoms with Gasteiger partial charge in [-0.05, 0) is 70.5 Å². The van der Waals surface area contributed by atoms with Crippen molar-refractivity contribution in [2.45, 2.75) is 45.3 Å². The molecule has 0 radical (unpaired) electrons. The van der Waals surface area contributed by atoms with Crippen LogP contribution >= 0.6 is 0 Å². The van der Waals surface area contributed by atoms with E-state index in [2.05, 4.69) is 32.8 Å². The van der Waals surface area contributed by atoms with Crippen LogP contribution in [0.4, 0.5) is 10.5 Å². The van der Waals surface area contributed by atoms with Gasteiger partial charge in [-0.25, -0.2) is 9.48 Å². The van der Waals surface area contributed by atoms with Crippen molar-refractivity contribution in [1.82, 2.24) is 20.0 Å². The molecule has 1 aromatic heterocycles. The highest BCUT2D eigenvalue weighted by Gasteiger charge is 2.23. The van der Waals surface area contributed by atoms with E-state index < -0.39 is 5.60 Å². The quantitative estimate of drug-likeness (QED) is 0.844. The number of ether oxygens (including phenoxy) is 1. The Morgan fingerprint density at radius 2 is 2.07 bits per heavy atom. The van der Waals surface area contributed by atoms with Crippen molar-refractivity contribution in [3.63, 3.8) is 0 Å². The number of rotatable bonds is 5. The van der Waals surface area contributed by atoms with E-state index in [1.54, 1.807) is 6.20 Å². The summed E-state index contributed by atoms with van der Waals surface area (Å²) >= 11 is 0. The maximum atomic E-state index is 12.0. The Morgan fingerprint density at radius 3 is 2.74 bits per heavy atom. The Kier molecular flexibility index (Phi) is 6.01. The van der Waals surface area contributed by atoms with Crippen molar-refractivity contribution in [2.75, 3.05) is 25.1 Å². The topological polar surface area (TPSA) is 71.4 Å². The van der Waals surface area contributed by atoms with Crippen molar-refractivity contribution in [2.24, 2.45) is 0 Å². The fourth-order valence-electron chi connectivity index (χ4n) is 3.15. The molecule has 1 atom stereocenters. The number of likely N-dealkylation sites (tertiary alicyclic amines) is 1. The average Bonchev–Trinajstić information content (AvgIpc) is 3.14. The molecule has 0 saturated carbocycles. The molecule has 1 fully saturated rings. The molecule has 0 spiro atoms. The molecule has 27 heavy (non-hydrogen) atoms. The maximum absolute atomic E-state index is 12.0. The molecule has 2 aromatic rings. The Bertz CT molecular complexity index is 722. The first-order valence-corrected chi connectivity index (χ1v) is 9.45. The number of carbonyl (C=O) groups is 1. The van der Waals surface area contributed by atoms with Gasteiger partial charge in [-0.15, -0.1) is 0 Å². The van der Waals surface area contributed by atoms with Gasteiger partial charge in [0.1, 0.15) is 5.60 Å². The molecule has 1 saturated heterocycles. The molecular weight excluding hydrogens is 342 g/mol. The van der Waals surface area contributed by atoms with Gasteiger partial charge >= 0.3 is 6.09 Å². The van der Waals surface area contributed by atoms with E-state index in [0.717, 1.165) is 44.0 Å². The highest BCUT2D eigenvalue weighted by Crippen LogP contribution is 2.15. The van der Waals surface area contributed by atoms with Gasteiger partial charge in [0, 0.05) is 30.7 Å². The van der Waals surface area contributed by atoms with E-state index in [9.17, 15) is 4.79 Å². The summed E-state index contributed by atoms with van der Waals surface area (Å²) in [5.41, 5.74) is 1.63. The SMILES string of the molecule is CC(C)(C)OC(=O)N[C@@H]1CCCN(CNc2ccc(-n3cccn3)cc2)C1. The van der Waals surface area contributed by atoms with E-state index in [-0.39, 0.29) is 12.1 Å². The zero-order chi connectivity index (χ0) is 19.3. The second-order valence-corrected chi connectivity index (χ2v) is 7.89. The number of nitrogens with zero attached hydrogens (tertiary/aromatic N) is 3. The monoisotopic (exact) mass is 371 g/mol. The molecule has 1 aromatic carbocycles. The number of nitrogens with one attached hydrogen (secondary N) is 2. The second-order valence-electron chi connectivity index (χ2n) is 7.89. The first kappa shape index (κ1) is 19.2. The van der Waals surface area contributed by atoms with Gasteiger partial charge < -0.3 is 15.4 Å². The molecule has 2 N–H and O–H groups in total. The maximum Gasteiger partial charge on any atom is 0.407 e. The summed E-state index contributed by atoms with van der Waals surface area (Å²) in [7, 11) is 0. The van der Waals surface area contributed by atoms with Crippen molar-refractivity contribution in [1.29, 1.82) is 0 Å². The summed E-state index contributed by atoms with van der Waals surface area (Å²) < 4.78 is 7.19. The molecule has 1 aliphatic heterocycles. The van der Waals surface area contributed by atoms with Crippen molar-refractivity contribution < 1.29 is 9.53 Å². The third-order valence-corrected chi connectivity index (χ3v) is 4.37. The van der Waals surface area contributed by atoms with Crippen molar-refractivity contribution in [3.05, 3.63) is 42.7 Å². The van der Waals surface area contributed by atoms with E-state index in [1.165, 1.54) is 0 Å². The van der Waals surface area contributed by atoms with E-state index >= 15 is 0 Å². The van der Waals surface area contributed by atoms with Crippen LogP contribution in [0.2, 0.25) is 0 Å². The van der Waals surface area contributed by atoms with Gasteiger partial charge in [0.2, 0.25) is 0 Å². The van der Waals surface area contributed by atoms with E-state index in [1.807, 2.05) is 49.8 Å². The Balaban J connectivity index is 1.46. The molecule has 0 aliphatic carbocycles. The minimum atomic E-state index is -0.470. The smallest absolute Gasteiger partial charge is 0.407 e. The number of hydrogen-bond donors (Lipinski definition) is 2. The number of amides is 1. The summed E-state index contributed by atoms with van der Waals surface area (Å²) in [5, 5.41) is 10.7. The fraction of sp³-hybridized carbons (Fsp3) is 0.500. The van der Waals surface area contributed by atoms with Gasteiger partial charge in [0.15, 0.2) is 0 Å². The van der Waals surface area contributed by atoms with Crippen LogP contribution in [-0.4, -0.2) is 52.2 Å². The largest absolute Gasteiger partial charge is 0.444 e. The molecule has 7 heteroatoms. The minimum Gasteiger partial charge on any atom is -0.444 e. The van der Waals surface area contributed by atoms with Crippen LogP contribution in [0.3, 0.4) is 0 Å². The predicted molar refractivity (Wildman–Crippen MR) is 106 cm³/mol. The molecule has 0 bridgehead atoms. The minimum absolute atomic E-state index is 0.123. The highest BCUT2D eigenvalue weighted by atomic mass is 16.6. The number of anilines is 1. The third-order valence-electron chi connectivity index (χ3n) is 4.37. The van der Waals surface area contributed by atoms with E-state index in [0.29, 0.717) is 0 Å². The number of aromatic nitrogens is 2. The first-order chi connectivity index (χ1) is 12.9. The highest BCUT2D eigenvalue weighted by molar-refractivity contribution is 5.68. The lowest BCUT2D eigenvalue weighted by Gasteiger charge is -2.33. The first-order valence-electron chi connectivity index (χ1n) is 9.45. The summed E-state index contributed by atoms with van der Waals surface area (Å²) in [6.07, 6.45) is 5.39.